The van der Waals surface area contributed by atoms with E-state index >= 15 is 0 Å². The van der Waals surface area contributed by atoms with E-state index in [1.165, 1.54) is 38.5 Å². The van der Waals surface area contributed by atoms with Crippen molar-refractivity contribution in [2.75, 3.05) is 0 Å². The lowest BCUT2D eigenvalue weighted by Gasteiger charge is -2.42. The van der Waals surface area contributed by atoms with Crippen LogP contribution in [0.2, 0.25) is 0 Å². The molecule has 0 N–H and O–H groups in total. The van der Waals surface area contributed by atoms with Crippen molar-refractivity contribution in [3.8, 4) is 0 Å². The number of rotatable bonds is 4. The molecule has 4 atom stereocenters. The SMILES string of the molecule is C[C@@H](CCCC(C)(C)C)C1CCC2C(=O)CCC[C@@]21C. The third kappa shape index (κ3) is 3.28. The summed E-state index contributed by atoms with van der Waals surface area (Å²) < 4.78 is 0. The summed E-state index contributed by atoms with van der Waals surface area (Å²) in [6, 6.07) is 0. The molecule has 2 saturated carbocycles. The van der Waals surface area contributed by atoms with Crippen molar-refractivity contribution < 1.29 is 4.79 Å². The van der Waals surface area contributed by atoms with Crippen molar-refractivity contribution in [1.82, 2.24) is 0 Å². The summed E-state index contributed by atoms with van der Waals surface area (Å²) in [6.07, 6.45) is 9.75. The molecule has 2 aliphatic rings. The molecule has 2 unspecified atom stereocenters. The first-order chi connectivity index (χ1) is 9.24. The van der Waals surface area contributed by atoms with E-state index in [0.717, 1.165) is 24.7 Å². The first kappa shape index (κ1) is 16.0. The predicted octanol–water partition coefficient (Wildman–Crippen LogP) is 5.62. The smallest absolute Gasteiger partial charge is 0.136 e. The zero-order valence-electron chi connectivity index (χ0n) is 14.3. The van der Waals surface area contributed by atoms with Crippen LogP contribution in [0.3, 0.4) is 0 Å². The molecule has 0 aromatic carbocycles. The second-order valence-electron chi connectivity index (χ2n) is 8.99. The number of ketones is 1. The van der Waals surface area contributed by atoms with E-state index < -0.39 is 0 Å². The number of hydrogen-bond donors (Lipinski definition) is 0. The summed E-state index contributed by atoms with van der Waals surface area (Å²) in [7, 11) is 0. The van der Waals surface area contributed by atoms with Gasteiger partial charge in [-0.15, -0.1) is 0 Å². The van der Waals surface area contributed by atoms with Gasteiger partial charge in [-0.3, -0.25) is 4.79 Å². The van der Waals surface area contributed by atoms with Crippen molar-refractivity contribution in [2.24, 2.45) is 28.6 Å². The fourth-order valence-electron chi connectivity index (χ4n) is 5.06. The van der Waals surface area contributed by atoms with E-state index in [9.17, 15) is 4.79 Å². The van der Waals surface area contributed by atoms with Crippen LogP contribution < -0.4 is 0 Å². The molecule has 0 aromatic heterocycles. The molecule has 0 aliphatic heterocycles. The molecular weight excluding hydrogens is 244 g/mol. The summed E-state index contributed by atoms with van der Waals surface area (Å²) >= 11 is 0. The molecule has 0 radical (unpaired) electrons. The van der Waals surface area contributed by atoms with Crippen LogP contribution >= 0.6 is 0 Å². The van der Waals surface area contributed by atoms with Crippen LogP contribution in [-0.2, 0) is 4.79 Å². The Morgan fingerprint density at radius 1 is 1.30 bits per heavy atom. The van der Waals surface area contributed by atoms with Crippen LogP contribution in [-0.4, -0.2) is 5.78 Å². The highest BCUT2D eigenvalue weighted by Crippen LogP contribution is 2.57. The van der Waals surface area contributed by atoms with Gasteiger partial charge in [-0.25, -0.2) is 0 Å². The minimum absolute atomic E-state index is 0.330. The number of fused-ring (bicyclic) bond motifs is 1. The fourth-order valence-corrected chi connectivity index (χ4v) is 5.06. The van der Waals surface area contributed by atoms with Gasteiger partial charge in [-0.2, -0.15) is 0 Å². The molecular formula is C19H34O. The zero-order valence-corrected chi connectivity index (χ0v) is 14.3. The summed E-state index contributed by atoms with van der Waals surface area (Å²) in [4.78, 5) is 12.2. The van der Waals surface area contributed by atoms with Crippen LogP contribution in [0.5, 0.6) is 0 Å². The van der Waals surface area contributed by atoms with E-state index in [2.05, 4.69) is 34.6 Å². The number of Topliss-reactive ketones (excluding diaryl/α,β-unsaturated/α-hetero) is 1. The molecule has 116 valence electrons. The number of carbonyl (C=O) groups is 1. The van der Waals surface area contributed by atoms with Gasteiger partial charge >= 0.3 is 0 Å². The lowest BCUT2D eigenvalue weighted by Crippen LogP contribution is -2.39. The molecule has 2 rings (SSSR count). The standard InChI is InChI=1S/C19H34O/c1-14(8-6-12-18(2,3)4)15-10-11-16-17(20)9-7-13-19(15,16)5/h14-16H,6-13H2,1-5H3/t14-,15?,16?,19+/m0/s1. The molecule has 2 aliphatic carbocycles. The van der Waals surface area contributed by atoms with E-state index in [4.69, 9.17) is 0 Å². The second-order valence-corrected chi connectivity index (χ2v) is 8.99. The van der Waals surface area contributed by atoms with E-state index in [1.807, 2.05) is 0 Å². The lowest BCUT2D eigenvalue weighted by atomic mass is 9.62. The number of carbonyl (C=O) groups excluding carboxylic acids is 1. The third-order valence-corrected chi connectivity index (χ3v) is 6.21. The van der Waals surface area contributed by atoms with Gasteiger partial charge in [0.1, 0.15) is 5.78 Å². The van der Waals surface area contributed by atoms with Crippen LogP contribution in [0.1, 0.15) is 86.0 Å². The molecule has 0 bridgehead atoms. The quantitative estimate of drug-likeness (QED) is 0.652. The Labute approximate surface area is 125 Å². The van der Waals surface area contributed by atoms with Gasteiger partial charge < -0.3 is 0 Å². The topological polar surface area (TPSA) is 17.1 Å². The summed E-state index contributed by atoms with van der Waals surface area (Å²) in [5, 5.41) is 0. The monoisotopic (exact) mass is 278 g/mol. The highest BCUT2D eigenvalue weighted by molar-refractivity contribution is 5.83. The van der Waals surface area contributed by atoms with Gasteiger partial charge in [0, 0.05) is 12.3 Å². The maximum Gasteiger partial charge on any atom is 0.136 e. The van der Waals surface area contributed by atoms with Crippen molar-refractivity contribution in [3.63, 3.8) is 0 Å². The molecule has 0 saturated heterocycles. The van der Waals surface area contributed by atoms with Gasteiger partial charge in [0.2, 0.25) is 0 Å². The molecule has 0 spiro atoms. The first-order valence-corrected chi connectivity index (χ1v) is 8.77. The minimum Gasteiger partial charge on any atom is -0.299 e. The lowest BCUT2D eigenvalue weighted by molar-refractivity contribution is -0.130. The Morgan fingerprint density at radius 3 is 2.65 bits per heavy atom. The van der Waals surface area contributed by atoms with Gasteiger partial charge in [0.05, 0.1) is 0 Å². The maximum atomic E-state index is 12.2. The normalized spacial score (nSPS) is 36.0. The Morgan fingerprint density at radius 2 is 2.00 bits per heavy atom. The summed E-state index contributed by atoms with van der Waals surface area (Å²) in [6.45, 7) is 11.9. The molecule has 0 amide bonds. The van der Waals surface area contributed by atoms with Crippen molar-refractivity contribution in [1.29, 1.82) is 0 Å². The number of hydrogen-bond acceptors (Lipinski definition) is 1. The maximum absolute atomic E-state index is 12.2. The summed E-state index contributed by atoms with van der Waals surface area (Å²) in [5.74, 6) is 2.55. The van der Waals surface area contributed by atoms with Crippen LogP contribution in [0.15, 0.2) is 0 Å². The van der Waals surface area contributed by atoms with Gasteiger partial charge in [-0.1, -0.05) is 47.5 Å². The highest BCUT2D eigenvalue weighted by Gasteiger charge is 2.52. The Balaban J connectivity index is 1.93. The molecule has 0 heterocycles. The molecule has 0 aromatic rings. The minimum atomic E-state index is 0.330. The van der Waals surface area contributed by atoms with Crippen molar-refractivity contribution >= 4 is 5.78 Å². The van der Waals surface area contributed by atoms with Gasteiger partial charge in [0.25, 0.3) is 0 Å². The van der Waals surface area contributed by atoms with E-state index in [1.54, 1.807) is 0 Å². The summed E-state index contributed by atoms with van der Waals surface area (Å²) in [5.41, 5.74) is 0.791. The zero-order chi connectivity index (χ0) is 15.0. The molecule has 2 fully saturated rings. The average molecular weight is 278 g/mol. The molecule has 1 nitrogen and oxygen atoms in total. The highest BCUT2D eigenvalue weighted by atomic mass is 16.1. The van der Waals surface area contributed by atoms with Gasteiger partial charge in [-0.05, 0) is 54.8 Å². The van der Waals surface area contributed by atoms with Gasteiger partial charge in [0.15, 0.2) is 0 Å². The fraction of sp³-hybridized carbons (Fsp3) is 0.947. The van der Waals surface area contributed by atoms with Crippen LogP contribution in [0.25, 0.3) is 0 Å². The Bertz CT molecular complexity index is 351. The predicted molar refractivity (Wildman–Crippen MR) is 85.6 cm³/mol. The van der Waals surface area contributed by atoms with Crippen LogP contribution in [0, 0.1) is 28.6 Å². The van der Waals surface area contributed by atoms with Crippen molar-refractivity contribution in [3.05, 3.63) is 0 Å². The Hall–Kier alpha value is -0.330. The Kier molecular flexibility index (Phi) is 4.66. The van der Waals surface area contributed by atoms with Crippen molar-refractivity contribution in [2.45, 2.75) is 86.0 Å². The third-order valence-electron chi connectivity index (χ3n) is 6.21. The first-order valence-electron chi connectivity index (χ1n) is 8.77. The second kappa shape index (κ2) is 5.81. The average Bonchev–Trinajstić information content (AvgIpc) is 2.66. The molecule has 20 heavy (non-hydrogen) atoms. The van der Waals surface area contributed by atoms with E-state index in [0.29, 0.717) is 22.5 Å². The van der Waals surface area contributed by atoms with Crippen LogP contribution in [0.4, 0.5) is 0 Å². The molecule has 1 heteroatoms. The van der Waals surface area contributed by atoms with E-state index in [-0.39, 0.29) is 0 Å². The largest absolute Gasteiger partial charge is 0.299 e.